The maximum Gasteiger partial charge on any atom is 0.166 e. The van der Waals surface area contributed by atoms with Crippen LogP contribution in [-0.4, -0.2) is 15.3 Å². The van der Waals surface area contributed by atoms with Crippen LogP contribution in [0.5, 0.6) is 17.2 Å². The van der Waals surface area contributed by atoms with E-state index in [1.54, 1.807) is 0 Å². The molecule has 1 aliphatic rings. The average Bonchev–Trinajstić information content (AvgIpc) is 1.05. The van der Waals surface area contributed by atoms with Crippen molar-refractivity contribution in [1.29, 1.82) is 0 Å². The van der Waals surface area contributed by atoms with Gasteiger partial charge in [-0.15, -0.1) is 0 Å². The third kappa shape index (κ3) is 8.55. The third-order valence-electron chi connectivity index (χ3n) is 18.5. The van der Waals surface area contributed by atoms with Gasteiger partial charge >= 0.3 is 0 Å². The molecule has 0 spiro atoms. The van der Waals surface area contributed by atoms with Crippen LogP contribution in [0, 0.1) is 12.8 Å². The molecule has 0 saturated heterocycles. The number of fused-ring (bicyclic) bond motifs is 6. The topological polar surface area (TPSA) is 60.7 Å². The number of phenols is 3. The van der Waals surface area contributed by atoms with Gasteiger partial charge in [0.1, 0.15) is 5.75 Å². The molecular weight excluding hydrogens is 1020 g/mol. The molecular formula is C81H66O3. The summed E-state index contributed by atoms with van der Waals surface area (Å²) in [4.78, 5) is 0. The highest BCUT2D eigenvalue weighted by Gasteiger charge is 2.32. The second-order valence-electron chi connectivity index (χ2n) is 24.5. The first kappa shape index (κ1) is 52.4. The van der Waals surface area contributed by atoms with Gasteiger partial charge in [0.25, 0.3) is 0 Å². The first-order valence-corrected chi connectivity index (χ1v) is 29.6. The molecule has 0 unspecified atom stereocenters. The molecule has 15 rings (SSSR count). The van der Waals surface area contributed by atoms with Gasteiger partial charge in [0.15, 0.2) is 11.5 Å². The minimum atomic E-state index is -0.471. The van der Waals surface area contributed by atoms with Gasteiger partial charge in [0, 0.05) is 37.8 Å². The Hall–Kier alpha value is -9.70. The number of aromatic hydroxyl groups is 3. The molecule has 0 aromatic heterocycles. The van der Waals surface area contributed by atoms with Crippen molar-refractivity contribution in [3.63, 3.8) is 0 Å². The van der Waals surface area contributed by atoms with E-state index in [1.165, 1.54) is 29.4 Å². The summed E-state index contributed by atoms with van der Waals surface area (Å²) in [7, 11) is 0. The second kappa shape index (κ2) is 20.3. The number of phenolic OH excluding ortho intramolecular Hbond substituents is 3. The Labute approximate surface area is 491 Å². The molecule has 3 nitrogen and oxygen atoms in total. The first-order valence-electron chi connectivity index (χ1n) is 29.6. The summed E-state index contributed by atoms with van der Waals surface area (Å²) in [5, 5.41) is 47.7. The summed E-state index contributed by atoms with van der Waals surface area (Å²) in [6.45, 7) is 13.2. The largest absolute Gasteiger partial charge is 0.507 e. The van der Waals surface area contributed by atoms with E-state index >= 15 is 0 Å². The molecule has 84 heavy (non-hydrogen) atoms. The molecule has 408 valence electrons. The lowest BCUT2D eigenvalue weighted by Crippen LogP contribution is -2.18. The molecule has 14 aromatic rings. The first-order chi connectivity index (χ1) is 40.8. The van der Waals surface area contributed by atoms with Gasteiger partial charge in [-0.2, -0.15) is 0 Å². The quantitative estimate of drug-likeness (QED) is 0.0997. The van der Waals surface area contributed by atoms with Gasteiger partial charge in [-0.1, -0.05) is 254 Å². The zero-order chi connectivity index (χ0) is 57.6. The average molecular weight is 1090 g/mol. The molecule has 3 N–H and O–H groups in total. The lowest BCUT2D eigenvalue weighted by molar-refractivity contribution is 0.412. The molecule has 3 heteroatoms. The van der Waals surface area contributed by atoms with E-state index in [-0.39, 0.29) is 22.7 Å². The molecule has 14 aromatic carbocycles. The Balaban J connectivity index is 0.00000151. The number of aryl methyl sites for hydroxylation is 1. The Kier molecular flexibility index (Phi) is 12.7. The lowest BCUT2D eigenvalue weighted by atomic mass is 9.74. The molecule has 0 heterocycles. The van der Waals surface area contributed by atoms with Crippen LogP contribution in [0.3, 0.4) is 0 Å². The van der Waals surface area contributed by atoms with Gasteiger partial charge in [0.05, 0.1) is 0 Å². The highest BCUT2D eigenvalue weighted by atomic mass is 16.3. The summed E-state index contributed by atoms with van der Waals surface area (Å²) in [5.41, 5.74) is 15.2. The maximum atomic E-state index is 12.4. The minimum Gasteiger partial charge on any atom is -0.507 e. The van der Waals surface area contributed by atoms with Crippen LogP contribution in [0.4, 0.5) is 0 Å². The smallest absolute Gasteiger partial charge is 0.166 e. The van der Waals surface area contributed by atoms with Crippen molar-refractivity contribution in [2.75, 3.05) is 0 Å². The van der Waals surface area contributed by atoms with Crippen LogP contribution in [0.25, 0.3) is 120 Å². The van der Waals surface area contributed by atoms with Crippen molar-refractivity contribution in [2.45, 2.75) is 65.2 Å². The van der Waals surface area contributed by atoms with Crippen molar-refractivity contribution in [1.82, 2.24) is 0 Å². The maximum absolute atomic E-state index is 12.4. The van der Waals surface area contributed by atoms with Gasteiger partial charge in [-0.25, -0.2) is 0 Å². The summed E-state index contributed by atoms with van der Waals surface area (Å²) >= 11 is 0. The number of rotatable bonds is 9. The van der Waals surface area contributed by atoms with E-state index in [9.17, 15) is 15.3 Å². The van der Waals surface area contributed by atoms with Gasteiger partial charge in [0.2, 0.25) is 0 Å². The van der Waals surface area contributed by atoms with Crippen LogP contribution < -0.4 is 0 Å². The third-order valence-corrected chi connectivity index (χ3v) is 18.5. The van der Waals surface area contributed by atoms with Crippen LogP contribution in [0.2, 0.25) is 0 Å². The molecule has 1 saturated carbocycles. The highest BCUT2D eigenvalue weighted by molar-refractivity contribution is 6.36. The minimum absolute atomic E-state index is 0.158. The highest BCUT2D eigenvalue weighted by Crippen LogP contribution is 2.57. The predicted octanol–water partition coefficient (Wildman–Crippen LogP) is 21.9. The molecule has 1 fully saturated rings. The van der Waals surface area contributed by atoms with Gasteiger partial charge in [-0.3, -0.25) is 0 Å². The van der Waals surface area contributed by atoms with E-state index in [4.69, 9.17) is 0 Å². The Morgan fingerprint density at radius 2 is 0.619 bits per heavy atom. The van der Waals surface area contributed by atoms with E-state index < -0.39 is 5.41 Å². The number of hydrogen-bond donors (Lipinski definition) is 3. The van der Waals surface area contributed by atoms with E-state index in [0.29, 0.717) is 21.7 Å². The summed E-state index contributed by atoms with van der Waals surface area (Å²) in [6, 6.07) is 86.8. The Morgan fingerprint density at radius 3 is 1.07 bits per heavy atom. The van der Waals surface area contributed by atoms with E-state index in [2.05, 4.69) is 247 Å². The Morgan fingerprint density at radius 1 is 0.286 bits per heavy atom. The van der Waals surface area contributed by atoms with E-state index in [1.807, 2.05) is 37.3 Å². The Bertz CT molecular complexity index is 4750. The van der Waals surface area contributed by atoms with Crippen LogP contribution in [0.1, 0.15) is 75.3 Å². The fraction of sp³-hybridized carbons (Fsp3) is 0.136. The summed E-state index contributed by atoms with van der Waals surface area (Å²) in [5.74, 6) is 0.854. The SMILES string of the molecule is CC1CC1.Cc1c(O)c2cc(C(C)(C)c3ccccc3)cc3c(O)c(O)c4cc(-c5ccc6c7ccc(C(C)(C)c8ccccc8)cc7c7c(-c8ccccc8)c(-c8ccccc8)c(-c8ccccc8)c(-c8ccccc8)c7c6c5)cc1c4c23. The fourth-order valence-electron chi connectivity index (χ4n) is 13.4. The van der Waals surface area contributed by atoms with Crippen molar-refractivity contribution >= 4 is 64.6 Å². The van der Waals surface area contributed by atoms with Crippen molar-refractivity contribution < 1.29 is 15.3 Å². The van der Waals surface area contributed by atoms with Gasteiger partial charge < -0.3 is 15.3 Å². The van der Waals surface area contributed by atoms with Crippen molar-refractivity contribution in [3.8, 4) is 72.9 Å². The summed E-state index contributed by atoms with van der Waals surface area (Å²) < 4.78 is 0. The zero-order valence-electron chi connectivity index (χ0n) is 48.4. The number of benzene rings is 14. The molecule has 0 amide bonds. The number of hydrogen-bond acceptors (Lipinski definition) is 3. The van der Waals surface area contributed by atoms with Crippen LogP contribution >= 0.6 is 0 Å². The normalized spacial score (nSPS) is 12.9. The van der Waals surface area contributed by atoms with Crippen molar-refractivity contribution in [2.24, 2.45) is 5.92 Å². The van der Waals surface area contributed by atoms with E-state index in [0.717, 1.165) is 116 Å². The molecule has 1 aliphatic carbocycles. The second-order valence-corrected chi connectivity index (χ2v) is 24.5. The molecule has 0 atom stereocenters. The van der Waals surface area contributed by atoms with Gasteiger partial charge in [-0.05, 0) is 170 Å². The van der Waals surface area contributed by atoms with Crippen LogP contribution in [-0.2, 0) is 10.8 Å². The van der Waals surface area contributed by atoms with Crippen LogP contribution in [0.15, 0.2) is 243 Å². The monoisotopic (exact) mass is 1090 g/mol. The predicted molar refractivity (Wildman–Crippen MR) is 355 cm³/mol. The molecule has 0 radical (unpaired) electrons. The molecule has 0 aliphatic heterocycles. The standard InChI is InChI=1S/C77H58O3.C4H8/c1-46-59-41-52(42-62-69(59)70-63(73(46)78)44-56(45-64(70)75(80)74(62)79)77(4,5)54-34-22-11-23-35-54)51-36-38-57-58-39-37-55(76(2,3)53-32-20-10-21-33-53)43-61(58)72-68(50-30-18-9-19-31-50)66(48-26-14-7-15-27-48)65(47-24-12-6-13-25-47)67(71(72)60(57)40-51)49-28-16-8-17-29-49;1-4-2-3-4/h6-45,78-80H,1-5H3;4H,2-3H2,1H3. The van der Waals surface area contributed by atoms with Crippen molar-refractivity contribution in [3.05, 3.63) is 270 Å². The lowest BCUT2D eigenvalue weighted by Gasteiger charge is -2.29. The zero-order valence-corrected chi connectivity index (χ0v) is 48.4. The molecule has 0 bridgehead atoms. The fourth-order valence-corrected chi connectivity index (χ4v) is 13.4. The summed E-state index contributed by atoms with van der Waals surface area (Å²) in [6.07, 6.45) is 2.97.